The number of piperidine rings is 1. The van der Waals surface area contributed by atoms with Gasteiger partial charge in [0.05, 0.1) is 11.5 Å². The van der Waals surface area contributed by atoms with E-state index in [-0.39, 0.29) is 23.7 Å². The third-order valence-corrected chi connectivity index (χ3v) is 6.62. The van der Waals surface area contributed by atoms with Crippen molar-refractivity contribution in [2.45, 2.75) is 25.8 Å². The molecule has 1 saturated heterocycles. The first-order valence-corrected chi connectivity index (χ1v) is 11.5. The van der Waals surface area contributed by atoms with Crippen LogP contribution in [-0.4, -0.2) is 42.5 Å². The normalized spacial score (nSPS) is 14.2. The van der Waals surface area contributed by atoms with E-state index >= 15 is 0 Å². The fraction of sp³-hybridized carbons (Fsp3) is 0.280. The van der Waals surface area contributed by atoms with Gasteiger partial charge in [0.15, 0.2) is 0 Å². The molecule has 32 heavy (non-hydrogen) atoms. The van der Waals surface area contributed by atoms with E-state index in [1.807, 2.05) is 30.0 Å². The maximum absolute atomic E-state index is 13.1. The Morgan fingerprint density at radius 2 is 1.72 bits per heavy atom. The predicted molar refractivity (Wildman–Crippen MR) is 124 cm³/mol. The van der Waals surface area contributed by atoms with E-state index in [9.17, 15) is 14.0 Å². The summed E-state index contributed by atoms with van der Waals surface area (Å²) in [7, 11) is 0. The lowest BCUT2D eigenvalue weighted by atomic mass is 10.0. The smallest absolute Gasteiger partial charge is 0.261 e. The number of nitrogens with one attached hydrogen (secondary N) is 1. The molecule has 1 aliphatic heterocycles. The first-order chi connectivity index (χ1) is 15.5. The van der Waals surface area contributed by atoms with Crippen LogP contribution in [0.1, 0.15) is 39.8 Å². The summed E-state index contributed by atoms with van der Waals surface area (Å²) in [4.78, 5) is 28.8. The fourth-order valence-corrected chi connectivity index (χ4v) is 4.67. The number of rotatable bonds is 6. The number of nitrogens with zero attached hydrogens (tertiary/aromatic N) is 1. The average Bonchev–Trinajstić information content (AvgIpc) is 3.31. The van der Waals surface area contributed by atoms with Crippen LogP contribution in [-0.2, 0) is 0 Å². The Balaban J connectivity index is 1.29. The summed E-state index contributed by atoms with van der Waals surface area (Å²) in [6.45, 7) is 3.71. The molecule has 5 nitrogen and oxygen atoms in total. The zero-order chi connectivity index (χ0) is 22.5. The number of likely N-dealkylation sites (tertiary alicyclic amines) is 1. The Bertz CT molecular complexity index is 1070. The first-order valence-electron chi connectivity index (χ1n) is 10.7. The summed E-state index contributed by atoms with van der Waals surface area (Å²) >= 11 is 1.39. The van der Waals surface area contributed by atoms with Crippen LogP contribution in [0.5, 0.6) is 5.75 Å². The van der Waals surface area contributed by atoms with Gasteiger partial charge in [0.2, 0.25) is 0 Å². The number of hydrogen-bond acceptors (Lipinski definition) is 4. The lowest BCUT2D eigenvalue weighted by molar-refractivity contribution is 0.0698. The molecule has 3 aromatic rings. The Labute approximate surface area is 190 Å². The zero-order valence-electron chi connectivity index (χ0n) is 17.8. The molecule has 166 valence electrons. The maximum Gasteiger partial charge on any atom is 0.261 e. The van der Waals surface area contributed by atoms with Gasteiger partial charge in [-0.25, -0.2) is 4.39 Å². The van der Waals surface area contributed by atoms with Gasteiger partial charge < -0.3 is 15.0 Å². The van der Waals surface area contributed by atoms with E-state index in [1.54, 1.807) is 30.3 Å². The Morgan fingerprint density at radius 1 is 1.03 bits per heavy atom. The van der Waals surface area contributed by atoms with Crippen molar-refractivity contribution in [1.82, 2.24) is 10.2 Å². The molecule has 0 atom stereocenters. The van der Waals surface area contributed by atoms with Crippen LogP contribution in [0.2, 0.25) is 0 Å². The minimum atomic E-state index is -0.282. The zero-order valence-corrected chi connectivity index (χ0v) is 18.7. The van der Waals surface area contributed by atoms with Crippen molar-refractivity contribution in [3.63, 3.8) is 0 Å². The molecular formula is C25H25FN2O3S. The molecule has 0 unspecified atom stereocenters. The summed E-state index contributed by atoms with van der Waals surface area (Å²) < 4.78 is 18.5. The van der Waals surface area contributed by atoms with E-state index in [4.69, 9.17) is 4.74 Å². The average molecular weight is 453 g/mol. The van der Waals surface area contributed by atoms with Crippen LogP contribution < -0.4 is 10.1 Å². The first kappa shape index (κ1) is 22.0. The molecule has 0 saturated carbocycles. The van der Waals surface area contributed by atoms with E-state index in [2.05, 4.69) is 5.32 Å². The molecule has 1 N–H and O–H groups in total. The molecule has 1 aromatic heterocycles. The number of amides is 2. The topological polar surface area (TPSA) is 58.6 Å². The Hall–Kier alpha value is -3.19. The molecule has 0 radical (unpaired) electrons. The number of carbonyl (C=O) groups is 2. The van der Waals surface area contributed by atoms with Crippen molar-refractivity contribution in [2.75, 3.05) is 19.7 Å². The summed E-state index contributed by atoms with van der Waals surface area (Å²) in [5, 5.41) is 3.09. The second-order valence-electron chi connectivity index (χ2n) is 7.67. The largest absolute Gasteiger partial charge is 0.494 e. The Morgan fingerprint density at radius 3 is 2.38 bits per heavy atom. The van der Waals surface area contributed by atoms with Crippen LogP contribution in [0.4, 0.5) is 4.39 Å². The minimum absolute atomic E-state index is 0.0000199. The van der Waals surface area contributed by atoms with Gasteiger partial charge in [-0.05, 0) is 73.9 Å². The van der Waals surface area contributed by atoms with Gasteiger partial charge in [0, 0.05) is 29.6 Å². The number of benzene rings is 2. The van der Waals surface area contributed by atoms with Crippen molar-refractivity contribution in [3.8, 4) is 16.2 Å². The molecule has 1 fully saturated rings. The third kappa shape index (κ3) is 5.16. The summed E-state index contributed by atoms with van der Waals surface area (Å²) in [5.41, 5.74) is 1.53. The fourth-order valence-electron chi connectivity index (χ4n) is 3.76. The second-order valence-corrected chi connectivity index (χ2v) is 8.75. The van der Waals surface area contributed by atoms with Gasteiger partial charge in [0.1, 0.15) is 11.6 Å². The highest BCUT2D eigenvalue weighted by Crippen LogP contribution is 2.28. The molecular weight excluding hydrogens is 427 g/mol. The van der Waals surface area contributed by atoms with Crippen LogP contribution in [0.3, 0.4) is 0 Å². The van der Waals surface area contributed by atoms with Crippen molar-refractivity contribution >= 4 is 23.2 Å². The minimum Gasteiger partial charge on any atom is -0.494 e. The van der Waals surface area contributed by atoms with Crippen molar-refractivity contribution in [3.05, 3.63) is 76.9 Å². The van der Waals surface area contributed by atoms with Crippen LogP contribution in [0, 0.1) is 5.82 Å². The standard InChI is InChI=1S/C25H25FN2O3S/c1-2-31-21-9-5-18(6-10-21)25(30)28-15-13-20(14-16-28)27-24(29)23-12-11-22(32-23)17-3-7-19(26)8-4-17/h3-12,20H,2,13-16H2,1H3,(H,27,29). The number of ether oxygens (including phenoxy) is 1. The van der Waals surface area contributed by atoms with Gasteiger partial charge in [-0.15, -0.1) is 11.3 Å². The van der Waals surface area contributed by atoms with Gasteiger partial charge in [-0.3, -0.25) is 9.59 Å². The van der Waals surface area contributed by atoms with Gasteiger partial charge >= 0.3 is 0 Å². The van der Waals surface area contributed by atoms with Crippen molar-refractivity contribution in [1.29, 1.82) is 0 Å². The molecule has 7 heteroatoms. The Kier molecular flexibility index (Phi) is 6.85. The molecule has 2 amide bonds. The highest BCUT2D eigenvalue weighted by atomic mass is 32.1. The molecule has 1 aliphatic rings. The number of hydrogen-bond donors (Lipinski definition) is 1. The maximum atomic E-state index is 13.1. The lowest BCUT2D eigenvalue weighted by Crippen LogP contribution is -2.46. The van der Waals surface area contributed by atoms with Gasteiger partial charge in [-0.2, -0.15) is 0 Å². The van der Waals surface area contributed by atoms with Crippen molar-refractivity contribution in [2.24, 2.45) is 0 Å². The van der Waals surface area contributed by atoms with E-state index < -0.39 is 0 Å². The lowest BCUT2D eigenvalue weighted by Gasteiger charge is -2.32. The molecule has 2 aromatic carbocycles. The van der Waals surface area contributed by atoms with Crippen LogP contribution >= 0.6 is 11.3 Å². The number of carbonyl (C=O) groups excluding carboxylic acids is 2. The van der Waals surface area contributed by atoms with Crippen LogP contribution in [0.15, 0.2) is 60.7 Å². The molecule has 0 bridgehead atoms. The monoisotopic (exact) mass is 452 g/mol. The summed E-state index contributed by atoms with van der Waals surface area (Å²) in [5.74, 6) is 0.358. The molecule has 0 spiro atoms. The van der Waals surface area contributed by atoms with Gasteiger partial charge in [-0.1, -0.05) is 12.1 Å². The van der Waals surface area contributed by atoms with E-state index in [0.29, 0.717) is 43.0 Å². The third-order valence-electron chi connectivity index (χ3n) is 5.49. The highest BCUT2D eigenvalue weighted by Gasteiger charge is 2.25. The predicted octanol–water partition coefficient (Wildman–Crippen LogP) is 4.99. The molecule has 2 heterocycles. The summed E-state index contributed by atoms with van der Waals surface area (Å²) in [6, 6.07) is 17.1. The van der Waals surface area contributed by atoms with E-state index in [1.165, 1.54) is 23.5 Å². The molecule has 4 rings (SSSR count). The SMILES string of the molecule is CCOc1ccc(C(=O)N2CCC(NC(=O)c3ccc(-c4ccc(F)cc4)s3)CC2)cc1. The highest BCUT2D eigenvalue weighted by molar-refractivity contribution is 7.17. The molecule has 0 aliphatic carbocycles. The number of halogens is 1. The quantitative estimate of drug-likeness (QED) is 0.573. The number of thiophene rings is 1. The van der Waals surface area contributed by atoms with Crippen LogP contribution in [0.25, 0.3) is 10.4 Å². The summed E-state index contributed by atoms with van der Waals surface area (Å²) in [6.07, 6.45) is 1.43. The second kappa shape index (κ2) is 9.96. The van der Waals surface area contributed by atoms with E-state index in [0.717, 1.165) is 16.2 Å². The van der Waals surface area contributed by atoms with Gasteiger partial charge in [0.25, 0.3) is 11.8 Å². The van der Waals surface area contributed by atoms with Crippen molar-refractivity contribution < 1.29 is 18.7 Å².